The summed E-state index contributed by atoms with van der Waals surface area (Å²) in [5.74, 6) is 0. The van der Waals surface area contributed by atoms with Gasteiger partial charge in [0.15, 0.2) is 4.98 Å². The van der Waals surface area contributed by atoms with Crippen LogP contribution in [0.15, 0.2) is 12.1 Å². The van der Waals surface area contributed by atoms with Crippen molar-refractivity contribution in [1.82, 2.24) is 0 Å². The largest absolute Gasteiger partial charge is 0.407 e. The second-order valence-electron chi connectivity index (χ2n) is 2.94. The molecule has 0 fully saturated rings. The molecule has 0 aliphatic carbocycles. The molecule has 2 N–H and O–H groups in total. The number of rotatable bonds is 2. The van der Waals surface area contributed by atoms with Crippen LogP contribution in [0, 0.1) is 5.39 Å². The smallest absolute Gasteiger partial charge is 0.392 e. The highest BCUT2D eigenvalue weighted by Crippen LogP contribution is 2.29. The third-order valence-corrected chi connectivity index (χ3v) is 2.27. The fourth-order valence-electron chi connectivity index (χ4n) is 1.53. The number of diazo groups is 1. The molecule has 0 aliphatic rings. The van der Waals surface area contributed by atoms with Crippen LogP contribution in [0.5, 0.6) is 0 Å². The van der Waals surface area contributed by atoms with Gasteiger partial charge in [-0.05, 0) is 24.0 Å². The van der Waals surface area contributed by atoms with Crippen molar-refractivity contribution in [2.75, 3.05) is 5.73 Å². The van der Waals surface area contributed by atoms with Gasteiger partial charge >= 0.3 is 5.69 Å². The van der Waals surface area contributed by atoms with Crippen LogP contribution in [0.4, 0.5) is 11.4 Å². The van der Waals surface area contributed by atoms with Crippen LogP contribution in [0.25, 0.3) is 4.98 Å². The van der Waals surface area contributed by atoms with Crippen molar-refractivity contribution in [3.63, 3.8) is 0 Å². The Balaban J connectivity index is 3.34. The summed E-state index contributed by atoms with van der Waals surface area (Å²) in [5, 5.41) is 8.65. The fraction of sp³-hybridized carbons (Fsp3) is 0.400. The minimum absolute atomic E-state index is 0.467. The van der Waals surface area contributed by atoms with Crippen LogP contribution in [-0.2, 0) is 12.8 Å². The topological polar surface area (TPSA) is 54.2 Å². The highest BCUT2D eigenvalue weighted by molar-refractivity contribution is 5.72. The number of anilines is 1. The first kappa shape index (κ1) is 9.53. The molecule has 3 heteroatoms. The van der Waals surface area contributed by atoms with Gasteiger partial charge in [0.1, 0.15) is 5.69 Å². The summed E-state index contributed by atoms with van der Waals surface area (Å²) in [6.45, 7) is 4.13. The maximum absolute atomic E-state index is 8.65. The minimum Gasteiger partial charge on any atom is -0.392 e. The zero-order valence-corrected chi connectivity index (χ0v) is 8.04. The van der Waals surface area contributed by atoms with Gasteiger partial charge in [-0.15, -0.1) is 0 Å². The molecule has 0 unspecified atom stereocenters. The van der Waals surface area contributed by atoms with E-state index in [4.69, 9.17) is 11.1 Å². The van der Waals surface area contributed by atoms with E-state index in [2.05, 4.69) is 11.9 Å². The first-order chi connectivity index (χ1) is 6.24. The van der Waals surface area contributed by atoms with E-state index in [1.807, 2.05) is 13.0 Å². The molecule has 0 spiro atoms. The molecule has 0 radical (unpaired) electrons. The molecule has 0 aromatic heterocycles. The Kier molecular flexibility index (Phi) is 2.86. The normalized spacial score (nSPS) is 9.62. The molecule has 1 aromatic rings. The third-order valence-electron chi connectivity index (χ3n) is 2.27. The Morgan fingerprint density at radius 2 is 2.00 bits per heavy atom. The van der Waals surface area contributed by atoms with E-state index < -0.39 is 0 Å². The Hall–Kier alpha value is -1.56. The van der Waals surface area contributed by atoms with Crippen LogP contribution in [0.3, 0.4) is 0 Å². The SMILES string of the molecule is CCc1ccc([N+]#N)c(N)c1CC. The summed E-state index contributed by atoms with van der Waals surface area (Å²) in [4.78, 5) is 3.13. The van der Waals surface area contributed by atoms with Gasteiger partial charge in [-0.3, -0.25) is 0 Å². The Bertz CT molecular complexity index is 350. The average Bonchev–Trinajstić information content (AvgIpc) is 2.17. The zero-order chi connectivity index (χ0) is 9.84. The molecule has 0 saturated carbocycles. The van der Waals surface area contributed by atoms with Crippen LogP contribution >= 0.6 is 0 Å². The molecular formula is C10H14N3+. The second kappa shape index (κ2) is 3.90. The lowest BCUT2D eigenvalue weighted by Gasteiger charge is -2.05. The molecule has 1 aromatic carbocycles. The van der Waals surface area contributed by atoms with Crippen LogP contribution in [-0.4, -0.2) is 0 Å². The highest BCUT2D eigenvalue weighted by atomic mass is 14.9. The van der Waals surface area contributed by atoms with Gasteiger partial charge in [0.05, 0.1) is 0 Å². The monoisotopic (exact) mass is 176 g/mol. The van der Waals surface area contributed by atoms with Crippen molar-refractivity contribution in [1.29, 1.82) is 5.39 Å². The standard InChI is InChI=1S/C10H14N3/c1-3-7-5-6-9(13-12)10(11)8(7)4-2/h5-6H,3-4,11H2,1-2H3/q+1. The first-order valence-corrected chi connectivity index (χ1v) is 4.49. The summed E-state index contributed by atoms with van der Waals surface area (Å²) in [7, 11) is 0. The molecule has 13 heavy (non-hydrogen) atoms. The van der Waals surface area contributed by atoms with Crippen molar-refractivity contribution >= 4 is 11.4 Å². The van der Waals surface area contributed by atoms with E-state index in [1.165, 1.54) is 5.56 Å². The van der Waals surface area contributed by atoms with Gasteiger partial charge in [-0.2, -0.15) is 0 Å². The number of hydrogen-bond donors (Lipinski definition) is 1. The summed E-state index contributed by atoms with van der Waals surface area (Å²) in [5.41, 5.74) is 9.22. The lowest BCUT2D eigenvalue weighted by molar-refractivity contribution is 1.04. The lowest BCUT2D eigenvalue weighted by Crippen LogP contribution is -1.98. The van der Waals surface area contributed by atoms with E-state index in [0.29, 0.717) is 11.4 Å². The number of benzene rings is 1. The van der Waals surface area contributed by atoms with Gasteiger partial charge in [-0.1, -0.05) is 19.9 Å². The summed E-state index contributed by atoms with van der Waals surface area (Å²) < 4.78 is 0. The molecule has 0 aliphatic heterocycles. The van der Waals surface area contributed by atoms with Crippen molar-refractivity contribution in [3.8, 4) is 0 Å². The van der Waals surface area contributed by atoms with Crippen molar-refractivity contribution in [3.05, 3.63) is 28.2 Å². The Morgan fingerprint density at radius 1 is 1.31 bits per heavy atom. The van der Waals surface area contributed by atoms with Crippen LogP contribution in [0.2, 0.25) is 0 Å². The molecule has 1 rings (SSSR count). The van der Waals surface area contributed by atoms with E-state index in [0.717, 1.165) is 18.4 Å². The van der Waals surface area contributed by atoms with Crippen molar-refractivity contribution in [2.45, 2.75) is 26.7 Å². The first-order valence-electron chi connectivity index (χ1n) is 4.49. The number of nitrogens with two attached hydrogens (primary N) is 1. The molecule has 68 valence electrons. The van der Waals surface area contributed by atoms with Gasteiger partial charge in [0.2, 0.25) is 5.39 Å². The second-order valence-corrected chi connectivity index (χ2v) is 2.94. The molecule has 0 atom stereocenters. The summed E-state index contributed by atoms with van der Waals surface area (Å²) >= 11 is 0. The Morgan fingerprint density at radius 3 is 2.46 bits per heavy atom. The fourth-order valence-corrected chi connectivity index (χ4v) is 1.53. The van der Waals surface area contributed by atoms with Gasteiger partial charge in [0.25, 0.3) is 0 Å². The summed E-state index contributed by atoms with van der Waals surface area (Å²) in [6, 6.07) is 3.71. The molecule has 0 heterocycles. The average molecular weight is 176 g/mol. The van der Waals surface area contributed by atoms with Crippen molar-refractivity contribution in [2.24, 2.45) is 0 Å². The van der Waals surface area contributed by atoms with Crippen molar-refractivity contribution < 1.29 is 0 Å². The van der Waals surface area contributed by atoms with E-state index in [9.17, 15) is 0 Å². The van der Waals surface area contributed by atoms with Gasteiger partial charge in [-0.25, -0.2) is 0 Å². The molecular weight excluding hydrogens is 162 g/mol. The predicted molar refractivity (Wildman–Crippen MR) is 54.4 cm³/mol. The quantitative estimate of drug-likeness (QED) is 0.556. The Labute approximate surface area is 78.2 Å². The maximum atomic E-state index is 8.65. The molecule has 0 amide bonds. The number of aryl methyl sites for hydroxylation is 1. The molecule has 0 saturated heterocycles. The van der Waals surface area contributed by atoms with Crippen LogP contribution < -0.4 is 5.73 Å². The van der Waals surface area contributed by atoms with Gasteiger partial charge in [0, 0.05) is 6.07 Å². The third kappa shape index (κ3) is 1.62. The highest BCUT2D eigenvalue weighted by Gasteiger charge is 2.15. The predicted octanol–water partition coefficient (Wildman–Crippen LogP) is 2.88. The molecule has 0 bridgehead atoms. The maximum Gasteiger partial charge on any atom is 0.407 e. The van der Waals surface area contributed by atoms with E-state index >= 15 is 0 Å². The lowest BCUT2D eigenvalue weighted by atomic mass is 10.00. The number of nitrogens with zero attached hydrogens (tertiary/aromatic N) is 2. The summed E-state index contributed by atoms with van der Waals surface area (Å²) in [6.07, 6.45) is 1.83. The van der Waals surface area contributed by atoms with Gasteiger partial charge < -0.3 is 5.73 Å². The number of nitrogen functional groups attached to an aromatic ring is 1. The van der Waals surface area contributed by atoms with E-state index in [-0.39, 0.29) is 0 Å². The van der Waals surface area contributed by atoms with Crippen LogP contribution in [0.1, 0.15) is 25.0 Å². The molecule has 3 nitrogen and oxygen atoms in total. The number of hydrogen-bond acceptors (Lipinski definition) is 2. The zero-order valence-electron chi connectivity index (χ0n) is 8.04. The minimum atomic E-state index is 0.467. The van der Waals surface area contributed by atoms with E-state index in [1.54, 1.807) is 6.07 Å².